The highest BCUT2D eigenvalue weighted by atomic mass is 32.2. The van der Waals surface area contributed by atoms with E-state index in [-0.39, 0.29) is 17.3 Å². The highest BCUT2D eigenvalue weighted by Gasteiger charge is 2.31. The van der Waals surface area contributed by atoms with Gasteiger partial charge >= 0.3 is 0 Å². The summed E-state index contributed by atoms with van der Waals surface area (Å²) < 4.78 is 26.6. The Labute approximate surface area is 124 Å². The quantitative estimate of drug-likeness (QED) is 0.864. The first-order valence-corrected chi connectivity index (χ1v) is 8.53. The highest BCUT2D eigenvalue weighted by molar-refractivity contribution is 7.89. The van der Waals surface area contributed by atoms with Crippen LogP contribution in [0.1, 0.15) is 12.0 Å². The van der Waals surface area contributed by atoms with E-state index in [0.717, 1.165) is 30.6 Å². The predicted octanol–water partition coefficient (Wildman–Crippen LogP) is 0.507. The van der Waals surface area contributed by atoms with Gasteiger partial charge in [-0.2, -0.15) is 4.31 Å². The van der Waals surface area contributed by atoms with E-state index in [4.69, 9.17) is 0 Å². The van der Waals surface area contributed by atoms with E-state index >= 15 is 0 Å². The van der Waals surface area contributed by atoms with Crippen LogP contribution in [0.2, 0.25) is 0 Å². The summed E-state index contributed by atoms with van der Waals surface area (Å²) in [5, 5.41) is 3.24. The van der Waals surface area contributed by atoms with Gasteiger partial charge in [-0.05, 0) is 30.5 Å². The first kappa shape index (κ1) is 14.3. The topological polar surface area (TPSA) is 69.7 Å². The van der Waals surface area contributed by atoms with E-state index in [1.54, 1.807) is 24.1 Å². The minimum Gasteiger partial charge on any atom is -0.385 e. The molecule has 2 aliphatic rings. The minimum absolute atomic E-state index is 0.0800. The summed E-state index contributed by atoms with van der Waals surface area (Å²) in [7, 11) is -1.92. The lowest BCUT2D eigenvalue weighted by molar-refractivity contribution is -0.132. The molecule has 21 heavy (non-hydrogen) atoms. The molecule has 1 amide bonds. The molecule has 0 unspecified atom stereocenters. The maximum atomic E-state index is 12.7. The molecule has 0 radical (unpaired) electrons. The van der Waals surface area contributed by atoms with Gasteiger partial charge in [0.15, 0.2) is 0 Å². The van der Waals surface area contributed by atoms with Gasteiger partial charge in [-0.1, -0.05) is 6.07 Å². The molecule has 6 nitrogen and oxygen atoms in total. The number of hydrogen-bond acceptors (Lipinski definition) is 4. The molecule has 0 aliphatic carbocycles. The van der Waals surface area contributed by atoms with E-state index < -0.39 is 10.0 Å². The Hall–Kier alpha value is -1.60. The molecule has 1 saturated heterocycles. The molecule has 0 aromatic heterocycles. The van der Waals surface area contributed by atoms with Gasteiger partial charge in [-0.3, -0.25) is 4.79 Å². The Bertz CT molecular complexity index is 672. The number of aryl methyl sites for hydroxylation is 1. The van der Waals surface area contributed by atoms with Gasteiger partial charge in [-0.25, -0.2) is 8.42 Å². The van der Waals surface area contributed by atoms with Crippen LogP contribution in [0.15, 0.2) is 23.1 Å². The molecule has 1 aromatic rings. The molecule has 0 bridgehead atoms. The summed E-state index contributed by atoms with van der Waals surface area (Å²) in [6.07, 6.45) is 2.03. The molecule has 0 spiro atoms. The van der Waals surface area contributed by atoms with Gasteiger partial charge in [0.1, 0.15) is 0 Å². The number of amides is 1. The largest absolute Gasteiger partial charge is 0.385 e. The van der Waals surface area contributed by atoms with Crippen molar-refractivity contribution in [2.24, 2.45) is 0 Å². The number of anilines is 1. The first-order valence-electron chi connectivity index (χ1n) is 7.09. The van der Waals surface area contributed by atoms with Crippen molar-refractivity contribution in [3.63, 3.8) is 0 Å². The number of rotatable bonds is 2. The fraction of sp³-hybridized carbons (Fsp3) is 0.500. The van der Waals surface area contributed by atoms with Crippen molar-refractivity contribution in [3.05, 3.63) is 23.8 Å². The summed E-state index contributed by atoms with van der Waals surface area (Å²) in [6, 6.07) is 5.20. The molecule has 2 heterocycles. The maximum Gasteiger partial charge on any atom is 0.243 e. The number of carbonyl (C=O) groups excluding carboxylic acids is 1. The van der Waals surface area contributed by atoms with Gasteiger partial charge in [-0.15, -0.1) is 0 Å². The minimum atomic E-state index is -3.61. The second kappa shape index (κ2) is 5.31. The number of fused-ring (bicyclic) bond motifs is 1. The van der Waals surface area contributed by atoms with Crippen LogP contribution in [0.25, 0.3) is 0 Å². The maximum absolute atomic E-state index is 12.7. The van der Waals surface area contributed by atoms with E-state index in [1.165, 1.54) is 4.31 Å². The smallest absolute Gasteiger partial charge is 0.243 e. The molecular weight excluding hydrogens is 290 g/mol. The summed E-state index contributed by atoms with van der Waals surface area (Å²) >= 11 is 0. The number of nitrogens with zero attached hydrogens (tertiary/aromatic N) is 2. The third-order valence-corrected chi connectivity index (χ3v) is 5.92. The van der Waals surface area contributed by atoms with Crippen LogP contribution in [-0.4, -0.2) is 56.8 Å². The molecule has 3 rings (SSSR count). The summed E-state index contributed by atoms with van der Waals surface area (Å²) in [5.41, 5.74) is 2.04. The van der Waals surface area contributed by atoms with Crippen molar-refractivity contribution in [2.45, 2.75) is 17.7 Å². The molecule has 1 aromatic carbocycles. The number of carbonyl (C=O) groups is 1. The van der Waals surface area contributed by atoms with Crippen molar-refractivity contribution in [3.8, 4) is 0 Å². The lowest BCUT2D eigenvalue weighted by atomic mass is 10.0. The highest BCUT2D eigenvalue weighted by Crippen LogP contribution is 2.27. The second-order valence-electron chi connectivity index (χ2n) is 5.50. The fourth-order valence-electron chi connectivity index (χ4n) is 2.69. The van der Waals surface area contributed by atoms with E-state index in [2.05, 4.69) is 5.32 Å². The Kier molecular flexibility index (Phi) is 3.62. The zero-order valence-corrected chi connectivity index (χ0v) is 12.8. The zero-order valence-electron chi connectivity index (χ0n) is 12.0. The van der Waals surface area contributed by atoms with Crippen LogP contribution in [0, 0.1) is 0 Å². The Balaban J connectivity index is 1.90. The molecule has 1 fully saturated rings. The van der Waals surface area contributed by atoms with E-state index in [0.29, 0.717) is 13.1 Å². The van der Waals surface area contributed by atoms with Crippen LogP contribution in [-0.2, 0) is 21.2 Å². The molecule has 7 heteroatoms. The normalized spacial score (nSPS) is 20.0. The number of piperazine rings is 1. The Morgan fingerprint density at radius 2 is 2.05 bits per heavy atom. The van der Waals surface area contributed by atoms with Crippen LogP contribution in [0.5, 0.6) is 0 Å². The average Bonchev–Trinajstić information content (AvgIpc) is 2.49. The van der Waals surface area contributed by atoms with Gasteiger partial charge in [0.2, 0.25) is 15.9 Å². The number of benzene rings is 1. The van der Waals surface area contributed by atoms with Crippen molar-refractivity contribution < 1.29 is 13.2 Å². The van der Waals surface area contributed by atoms with Gasteiger partial charge < -0.3 is 10.2 Å². The van der Waals surface area contributed by atoms with Crippen molar-refractivity contribution in [1.29, 1.82) is 0 Å². The van der Waals surface area contributed by atoms with Crippen LogP contribution in [0.3, 0.4) is 0 Å². The van der Waals surface area contributed by atoms with Crippen molar-refractivity contribution in [1.82, 2.24) is 9.21 Å². The molecule has 1 N–H and O–H groups in total. The number of nitrogens with one attached hydrogen (secondary N) is 1. The Morgan fingerprint density at radius 3 is 2.81 bits per heavy atom. The third-order valence-electron chi connectivity index (χ3n) is 4.08. The molecule has 2 aliphatic heterocycles. The van der Waals surface area contributed by atoms with Gasteiger partial charge in [0.05, 0.1) is 11.4 Å². The molecular formula is C14H19N3O3S. The molecule has 0 atom stereocenters. The lowest BCUT2D eigenvalue weighted by Crippen LogP contribution is -2.50. The fourth-order valence-corrected chi connectivity index (χ4v) is 4.10. The van der Waals surface area contributed by atoms with Crippen molar-refractivity contribution >= 4 is 21.6 Å². The van der Waals surface area contributed by atoms with Crippen LogP contribution < -0.4 is 5.32 Å². The number of hydrogen-bond donors (Lipinski definition) is 1. The average molecular weight is 309 g/mol. The molecule has 0 saturated carbocycles. The monoisotopic (exact) mass is 309 g/mol. The lowest BCUT2D eigenvalue weighted by Gasteiger charge is -2.31. The van der Waals surface area contributed by atoms with E-state index in [1.807, 2.05) is 6.07 Å². The standard InChI is InChI=1S/C14H19N3O3S/c1-16-7-8-17(10-14(16)18)21(19,20)12-5-4-11-3-2-6-15-13(11)9-12/h4-5,9,15H,2-3,6-8,10H2,1H3. The Morgan fingerprint density at radius 1 is 1.24 bits per heavy atom. The van der Waals surface area contributed by atoms with Crippen LogP contribution in [0.4, 0.5) is 5.69 Å². The van der Waals surface area contributed by atoms with Crippen LogP contribution >= 0.6 is 0 Å². The molecule has 114 valence electrons. The number of sulfonamides is 1. The van der Waals surface area contributed by atoms with E-state index in [9.17, 15) is 13.2 Å². The summed E-state index contributed by atoms with van der Waals surface area (Å²) in [4.78, 5) is 13.5. The number of likely N-dealkylation sites (N-methyl/N-ethyl adjacent to an activating group) is 1. The zero-order chi connectivity index (χ0) is 15.0. The summed E-state index contributed by atoms with van der Waals surface area (Å²) in [6.45, 7) is 1.56. The van der Waals surface area contributed by atoms with Gasteiger partial charge in [0, 0.05) is 32.4 Å². The van der Waals surface area contributed by atoms with Crippen molar-refractivity contribution in [2.75, 3.05) is 38.5 Å². The summed E-state index contributed by atoms with van der Waals surface area (Å²) in [5.74, 6) is -0.166. The third kappa shape index (κ3) is 2.63. The van der Waals surface area contributed by atoms with Gasteiger partial charge in [0.25, 0.3) is 0 Å². The second-order valence-corrected chi connectivity index (χ2v) is 7.44. The SMILES string of the molecule is CN1CCN(S(=O)(=O)c2ccc3c(c2)NCCC3)CC1=O. The first-order chi connectivity index (χ1) is 9.98. The predicted molar refractivity (Wildman–Crippen MR) is 79.6 cm³/mol.